The van der Waals surface area contributed by atoms with Crippen molar-refractivity contribution in [2.75, 3.05) is 0 Å². The second kappa shape index (κ2) is 15.1. The van der Waals surface area contributed by atoms with Gasteiger partial charge >= 0.3 is 0 Å². The van der Waals surface area contributed by atoms with Crippen LogP contribution in [0.1, 0.15) is 128 Å². The summed E-state index contributed by atoms with van der Waals surface area (Å²) in [6.07, 6.45) is 4.76. The van der Waals surface area contributed by atoms with Gasteiger partial charge in [-0.25, -0.2) is 27.5 Å². The predicted molar refractivity (Wildman–Crippen MR) is 202 cm³/mol. The van der Waals surface area contributed by atoms with Crippen LogP contribution in [0.2, 0.25) is 0 Å². The number of amides is 2. The van der Waals surface area contributed by atoms with E-state index in [0.717, 1.165) is 39.7 Å². The molecule has 4 N–H and O–H groups in total. The molecule has 54 heavy (non-hydrogen) atoms. The van der Waals surface area contributed by atoms with Crippen LogP contribution in [0.15, 0.2) is 48.8 Å². The first-order chi connectivity index (χ1) is 25.3. The first-order valence-corrected chi connectivity index (χ1v) is 19.2. The Kier molecular flexibility index (Phi) is 11.1. The van der Waals surface area contributed by atoms with Crippen molar-refractivity contribution < 1.29 is 27.2 Å². The molecule has 2 atom stereocenters. The Hall–Kier alpha value is -4.22. The van der Waals surface area contributed by atoms with Crippen molar-refractivity contribution >= 4 is 22.6 Å². The van der Waals surface area contributed by atoms with Gasteiger partial charge in [-0.05, 0) is 71.8 Å². The Morgan fingerprint density at radius 3 is 1.72 bits per heavy atom. The summed E-state index contributed by atoms with van der Waals surface area (Å²) in [5.74, 6) is -5.33. The summed E-state index contributed by atoms with van der Waals surface area (Å²) in [4.78, 5) is 42.4. The summed E-state index contributed by atoms with van der Waals surface area (Å²) in [6.45, 7) is 12.1. The van der Waals surface area contributed by atoms with Gasteiger partial charge in [0.2, 0.25) is 23.7 Å². The zero-order valence-corrected chi connectivity index (χ0v) is 32.2. The average Bonchev–Trinajstić information content (AvgIpc) is 3.77. The molecule has 2 heterocycles. The lowest BCUT2D eigenvalue weighted by molar-refractivity contribution is -0.131. The molecule has 2 amide bonds. The number of H-pyrrole nitrogens is 2. The van der Waals surface area contributed by atoms with Crippen LogP contribution in [-0.2, 0) is 22.4 Å². The van der Waals surface area contributed by atoms with E-state index in [1.54, 1.807) is 12.4 Å². The molecular weight excluding hydrogens is 696 g/mol. The van der Waals surface area contributed by atoms with Crippen molar-refractivity contribution in [1.29, 1.82) is 0 Å². The molecule has 0 saturated heterocycles. The number of fused-ring (bicyclic) bond motifs is 1. The highest BCUT2D eigenvalue weighted by molar-refractivity contribution is 5.87. The molecule has 2 saturated carbocycles. The highest BCUT2D eigenvalue weighted by Crippen LogP contribution is 2.40. The average molecular weight is 751 g/mol. The third-order valence-corrected chi connectivity index (χ3v) is 11.2. The Morgan fingerprint density at radius 1 is 0.704 bits per heavy atom. The molecule has 12 heteroatoms. The molecule has 0 spiro atoms. The number of carbonyl (C=O) groups excluding carboxylic acids is 2. The summed E-state index contributed by atoms with van der Waals surface area (Å²) in [6, 6.07) is 11.8. The number of hydrogen-bond acceptors (Lipinski definition) is 4. The van der Waals surface area contributed by atoms with E-state index in [0.29, 0.717) is 18.1 Å². The highest BCUT2D eigenvalue weighted by atomic mass is 19.3. The zero-order chi connectivity index (χ0) is 39.1. The maximum atomic E-state index is 13.7. The van der Waals surface area contributed by atoms with Crippen LogP contribution in [0.5, 0.6) is 0 Å². The largest absolute Gasteiger partial charge is 0.345 e. The molecular formula is C42H54F4N6O2. The van der Waals surface area contributed by atoms with Crippen molar-refractivity contribution in [3.8, 4) is 11.3 Å². The fourth-order valence-corrected chi connectivity index (χ4v) is 7.69. The molecule has 0 aliphatic heterocycles. The van der Waals surface area contributed by atoms with E-state index in [1.165, 1.54) is 0 Å². The Balaban J connectivity index is 1.09. The van der Waals surface area contributed by atoms with Crippen LogP contribution in [0.3, 0.4) is 0 Å². The normalized spacial score (nSPS) is 19.4. The highest BCUT2D eigenvalue weighted by Gasteiger charge is 2.41. The summed E-state index contributed by atoms with van der Waals surface area (Å²) in [5.41, 5.74) is 3.16. The number of nitrogens with one attached hydrogen (secondary N) is 4. The standard InChI is InChI=1S/C42H54F4N6O2/c1-39(2,3)33(51-37(53)26-13-17-41(43,44)18-14-26)35-47-23-31(49-35)12-8-25-7-9-29-22-30(11-10-28(29)21-25)32-24-48-36(50-32)34(40(4,5)6)52-38(54)27-15-19-42(45,46)20-16-27/h7,9-11,21-24,26-27,33-34H,8,12-20H2,1-6H3,(H,47,49)(H,48,50)(H,51,53)(H,52,54). The van der Waals surface area contributed by atoms with Gasteiger partial charge in [-0.15, -0.1) is 0 Å². The van der Waals surface area contributed by atoms with Gasteiger partial charge in [-0.2, -0.15) is 0 Å². The maximum absolute atomic E-state index is 13.7. The van der Waals surface area contributed by atoms with Gasteiger partial charge in [0.05, 0.1) is 24.0 Å². The number of hydrogen-bond donors (Lipinski definition) is 4. The molecule has 2 aromatic heterocycles. The van der Waals surface area contributed by atoms with Gasteiger partial charge < -0.3 is 20.6 Å². The first kappa shape index (κ1) is 39.5. The van der Waals surface area contributed by atoms with Gasteiger partial charge in [-0.1, -0.05) is 71.9 Å². The molecule has 2 aliphatic carbocycles. The number of alkyl halides is 4. The number of rotatable bonds is 10. The third-order valence-electron chi connectivity index (χ3n) is 11.2. The minimum absolute atomic E-state index is 0.178. The SMILES string of the molecule is CC(C)(C)C(NC(=O)C1CCC(F)(F)CC1)c1ncc(CCc2ccc3cc(-c4cnc(C(NC(=O)C5CCC(F)(F)CC5)C(C)(C)C)[nH]4)ccc3c2)[nH]1. The second-order valence-electron chi connectivity index (χ2n) is 17.7. The van der Waals surface area contributed by atoms with Gasteiger partial charge in [0.25, 0.3) is 0 Å². The van der Waals surface area contributed by atoms with Crippen LogP contribution < -0.4 is 10.6 Å². The minimum Gasteiger partial charge on any atom is -0.345 e. The Labute approximate surface area is 315 Å². The molecule has 0 radical (unpaired) electrons. The van der Waals surface area contributed by atoms with E-state index in [4.69, 9.17) is 0 Å². The fraction of sp³-hybridized carbons (Fsp3) is 0.571. The van der Waals surface area contributed by atoms with Crippen molar-refractivity contribution in [3.05, 3.63) is 71.7 Å². The molecule has 8 nitrogen and oxygen atoms in total. The number of halogens is 4. The number of nitrogens with zero attached hydrogens (tertiary/aromatic N) is 2. The lowest BCUT2D eigenvalue weighted by atomic mass is 9.83. The number of carbonyl (C=O) groups is 2. The summed E-state index contributed by atoms with van der Waals surface area (Å²) < 4.78 is 54.8. The number of aryl methyl sites for hydroxylation is 2. The number of aromatic nitrogens is 4. The van der Waals surface area contributed by atoms with Gasteiger partial charge in [-0.3, -0.25) is 9.59 Å². The van der Waals surface area contributed by atoms with Crippen LogP contribution >= 0.6 is 0 Å². The topological polar surface area (TPSA) is 116 Å². The summed E-state index contributed by atoms with van der Waals surface area (Å²) in [7, 11) is 0. The molecule has 2 unspecified atom stereocenters. The molecule has 2 fully saturated rings. The quantitative estimate of drug-likeness (QED) is 0.121. The van der Waals surface area contributed by atoms with E-state index in [9.17, 15) is 27.2 Å². The van der Waals surface area contributed by atoms with E-state index in [-0.39, 0.29) is 80.1 Å². The number of imidazole rings is 2. The molecule has 0 bridgehead atoms. The third kappa shape index (κ3) is 9.52. The lowest BCUT2D eigenvalue weighted by Gasteiger charge is -2.33. The van der Waals surface area contributed by atoms with Crippen molar-refractivity contribution in [2.24, 2.45) is 22.7 Å². The first-order valence-electron chi connectivity index (χ1n) is 19.2. The molecule has 2 aromatic carbocycles. The number of benzene rings is 2. The van der Waals surface area contributed by atoms with E-state index in [2.05, 4.69) is 60.9 Å². The Bertz CT molecular complexity index is 1940. The van der Waals surface area contributed by atoms with Crippen molar-refractivity contribution in [1.82, 2.24) is 30.6 Å². The van der Waals surface area contributed by atoms with Crippen LogP contribution in [-0.4, -0.2) is 43.6 Å². The monoisotopic (exact) mass is 750 g/mol. The lowest BCUT2D eigenvalue weighted by Crippen LogP contribution is -2.42. The van der Waals surface area contributed by atoms with Gasteiger partial charge in [0, 0.05) is 55.0 Å². The van der Waals surface area contributed by atoms with Crippen LogP contribution in [0.25, 0.3) is 22.0 Å². The van der Waals surface area contributed by atoms with E-state index >= 15 is 0 Å². The van der Waals surface area contributed by atoms with Gasteiger partial charge in [0.15, 0.2) is 0 Å². The molecule has 6 rings (SSSR count). The zero-order valence-electron chi connectivity index (χ0n) is 32.2. The van der Waals surface area contributed by atoms with Crippen molar-refractivity contribution in [2.45, 2.75) is 130 Å². The smallest absolute Gasteiger partial charge is 0.248 e. The van der Waals surface area contributed by atoms with Gasteiger partial charge in [0.1, 0.15) is 11.6 Å². The summed E-state index contributed by atoms with van der Waals surface area (Å²) in [5, 5.41) is 8.38. The summed E-state index contributed by atoms with van der Waals surface area (Å²) >= 11 is 0. The number of aromatic amines is 2. The van der Waals surface area contributed by atoms with Crippen LogP contribution in [0, 0.1) is 22.7 Å². The molecule has 292 valence electrons. The second-order valence-corrected chi connectivity index (χ2v) is 17.7. The van der Waals surface area contributed by atoms with Crippen molar-refractivity contribution in [3.63, 3.8) is 0 Å². The predicted octanol–water partition coefficient (Wildman–Crippen LogP) is 9.80. The maximum Gasteiger partial charge on any atom is 0.248 e. The van der Waals surface area contributed by atoms with E-state index in [1.807, 2.05) is 47.6 Å². The fourth-order valence-electron chi connectivity index (χ4n) is 7.69. The minimum atomic E-state index is -2.69. The van der Waals surface area contributed by atoms with E-state index < -0.39 is 29.7 Å². The van der Waals surface area contributed by atoms with Crippen LogP contribution in [0.4, 0.5) is 17.6 Å². The molecule has 4 aromatic rings. The molecule has 2 aliphatic rings. The Morgan fingerprint density at radius 2 is 1.19 bits per heavy atom.